The van der Waals surface area contributed by atoms with E-state index in [1.807, 2.05) is 0 Å². The van der Waals surface area contributed by atoms with Crippen LogP contribution < -0.4 is 5.32 Å². The maximum absolute atomic E-state index is 13.3. The van der Waals surface area contributed by atoms with Crippen molar-refractivity contribution in [3.05, 3.63) is 53.7 Å². The lowest BCUT2D eigenvalue weighted by Crippen LogP contribution is -2.23. The van der Waals surface area contributed by atoms with Crippen LogP contribution in [0.25, 0.3) is 0 Å². The molecule has 0 radical (unpaired) electrons. The Hall–Kier alpha value is -2.30. The molecule has 1 aromatic carbocycles. The second-order valence-electron chi connectivity index (χ2n) is 3.48. The van der Waals surface area contributed by atoms with Crippen LogP contribution in [0.5, 0.6) is 5.75 Å². The molecule has 0 unspecified atom stereocenters. The molecule has 0 fully saturated rings. The summed E-state index contributed by atoms with van der Waals surface area (Å²) >= 11 is 0. The molecule has 0 spiro atoms. The Balaban J connectivity index is 2.04. The standard InChI is InChI=1S/C12H10FNO3/c13-11-5-9(15)1-2-10(11)12(16)14-6-8-3-4-17-7-8/h1-5,7,15H,6H2,(H,14,16). The molecule has 1 heterocycles. The van der Waals surface area contributed by atoms with Gasteiger partial charge in [-0.2, -0.15) is 0 Å². The Morgan fingerprint density at radius 1 is 1.41 bits per heavy atom. The summed E-state index contributed by atoms with van der Waals surface area (Å²) < 4.78 is 18.2. The Morgan fingerprint density at radius 2 is 2.24 bits per heavy atom. The quantitative estimate of drug-likeness (QED) is 0.855. The van der Waals surface area contributed by atoms with Crippen molar-refractivity contribution in [2.45, 2.75) is 6.54 Å². The second kappa shape index (κ2) is 4.69. The van der Waals surface area contributed by atoms with E-state index in [1.165, 1.54) is 24.7 Å². The van der Waals surface area contributed by atoms with Gasteiger partial charge in [0.2, 0.25) is 0 Å². The zero-order chi connectivity index (χ0) is 12.3. The van der Waals surface area contributed by atoms with Gasteiger partial charge in [0.05, 0.1) is 18.1 Å². The molecule has 0 saturated heterocycles. The van der Waals surface area contributed by atoms with Crippen molar-refractivity contribution in [3.63, 3.8) is 0 Å². The summed E-state index contributed by atoms with van der Waals surface area (Å²) in [5, 5.41) is 11.6. The highest BCUT2D eigenvalue weighted by atomic mass is 19.1. The molecule has 4 nitrogen and oxygen atoms in total. The molecule has 0 atom stereocenters. The first-order chi connectivity index (χ1) is 8.16. The van der Waals surface area contributed by atoms with Crippen LogP contribution in [0.2, 0.25) is 0 Å². The summed E-state index contributed by atoms with van der Waals surface area (Å²) in [6, 6.07) is 5.09. The molecular weight excluding hydrogens is 225 g/mol. The summed E-state index contributed by atoms with van der Waals surface area (Å²) in [5.41, 5.74) is 0.684. The maximum atomic E-state index is 13.3. The molecule has 5 heteroatoms. The van der Waals surface area contributed by atoms with Gasteiger partial charge < -0.3 is 14.8 Å². The number of hydrogen-bond acceptors (Lipinski definition) is 3. The van der Waals surface area contributed by atoms with Gasteiger partial charge >= 0.3 is 0 Å². The summed E-state index contributed by atoms with van der Waals surface area (Å²) in [6.07, 6.45) is 2.98. The number of aromatic hydroxyl groups is 1. The lowest BCUT2D eigenvalue weighted by molar-refractivity contribution is 0.0947. The number of carbonyl (C=O) groups excluding carboxylic acids is 1. The van der Waals surface area contributed by atoms with Gasteiger partial charge in [0.1, 0.15) is 11.6 Å². The minimum atomic E-state index is -0.755. The highest BCUT2D eigenvalue weighted by Gasteiger charge is 2.11. The van der Waals surface area contributed by atoms with Crippen molar-refractivity contribution >= 4 is 5.91 Å². The van der Waals surface area contributed by atoms with Gasteiger partial charge in [-0.3, -0.25) is 4.79 Å². The fourth-order valence-corrected chi connectivity index (χ4v) is 1.36. The van der Waals surface area contributed by atoms with Crippen molar-refractivity contribution in [1.82, 2.24) is 5.32 Å². The zero-order valence-corrected chi connectivity index (χ0v) is 8.81. The van der Waals surface area contributed by atoms with E-state index in [1.54, 1.807) is 6.07 Å². The predicted molar refractivity (Wildman–Crippen MR) is 57.9 cm³/mol. The summed E-state index contributed by atoms with van der Waals surface area (Å²) in [4.78, 5) is 11.6. The number of carbonyl (C=O) groups is 1. The summed E-state index contributed by atoms with van der Waals surface area (Å²) in [6.45, 7) is 0.260. The number of phenolic OH excluding ortho intramolecular Hbond substituents is 1. The highest BCUT2D eigenvalue weighted by molar-refractivity contribution is 5.94. The predicted octanol–water partition coefficient (Wildman–Crippen LogP) is 2.05. The number of benzene rings is 1. The van der Waals surface area contributed by atoms with Crippen molar-refractivity contribution in [2.24, 2.45) is 0 Å². The first-order valence-corrected chi connectivity index (χ1v) is 4.94. The van der Waals surface area contributed by atoms with Crippen molar-refractivity contribution in [1.29, 1.82) is 0 Å². The smallest absolute Gasteiger partial charge is 0.254 e. The average molecular weight is 235 g/mol. The number of halogens is 1. The van der Waals surface area contributed by atoms with Gasteiger partial charge in [-0.05, 0) is 18.2 Å². The van der Waals surface area contributed by atoms with Crippen LogP contribution in [0.4, 0.5) is 4.39 Å². The summed E-state index contributed by atoms with van der Waals surface area (Å²) in [5.74, 6) is -1.51. The third-order valence-corrected chi connectivity index (χ3v) is 2.23. The van der Waals surface area contributed by atoms with Crippen LogP contribution in [0.3, 0.4) is 0 Å². The normalized spacial score (nSPS) is 10.2. The van der Waals surface area contributed by atoms with Gasteiger partial charge in [0.15, 0.2) is 0 Å². The number of amides is 1. The fraction of sp³-hybridized carbons (Fsp3) is 0.0833. The van der Waals surface area contributed by atoms with E-state index in [9.17, 15) is 9.18 Å². The van der Waals surface area contributed by atoms with Crippen molar-refractivity contribution < 1.29 is 18.7 Å². The molecule has 1 amide bonds. The summed E-state index contributed by atoms with van der Waals surface area (Å²) in [7, 11) is 0. The molecule has 0 aliphatic carbocycles. The molecule has 2 aromatic rings. The molecule has 88 valence electrons. The van der Waals surface area contributed by atoms with Gasteiger partial charge in [0, 0.05) is 18.2 Å². The highest BCUT2D eigenvalue weighted by Crippen LogP contribution is 2.15. The minimum Gasteiger partial charge on any atom is -0.508 e. The molecule has 2 N–H and O–H groups in total. The topological polar surface area (TPSA) is 62.5 Å². The lowest BCUT2D eigenvalue weighted by atomic mass is 10.2. The minimum absolute atomic E-state index is 0.105. The largest absolute Gasteiger partial charge is 0.508 e. The van der Waals surface area contributed by atoms with E-state index in [0.29, 0.717) is 0 Å². The molecule has 0 aliphatic rings. The molecular formula is C12H10FNO3. The van der Waals surface area contributed by atoms with Crippen LogP contribution in [-0.2, 0) is 6.54 Å². The van der Waals surface area contributed by atoms with E-state index in [2.05, 4.69) is 5.32 Å². The Labute approximate surface area is 96.7 Å². The van der Waals surface area contributed by atoms with Crippen LogP contribution >= 0.6 is 0 Å². The second-order valence-corrected chi connectivity index (χ2v) is 3.48. The number of phenols is 1. The van der Waals surface area contributed by atoms with Crippen LogP contribution in [-0.4, -0.2) is 11.0 Å². The third kappa shape index (κ3) is 2.63. The van der Waals surface area contributed by atoms with Gasteiger partial charge in [-0.15, -0.1) is 0 Å². The van der Waals surface area contributed by atoms with Crippen LogP contribution in [0.1, 0.15) is 15.9 Å². The van der Waals surface area contributed by atoms with E-state index in [4.69, 9.17) is 9.52 Å². The maximum Gasteiger partial charge on any atom is 0.254 e. The van der Waals surface area contributed by atoms with Crippen LogP contribution in [0, 0.1) is 5.82 Å². The van der Waals surface area contributed by atoms with E-state index in [-0.39, 0.29) is 17.9 Å². The monoisotopic (exact) mass is 235 g/mol. The molecule has 2 rings (SSSR count). The molecule has 0 aliphatic heterocycles. The molecule has 1 aromatic heterocycles. The van der Waals surface area contributed by atoms with E-state index in [0.717, 1.165) is 11.6 Å². The van der Waals surface area contributed by atoms with Gasteiger partial charge in [0.25, 0.3) is 5.91 Å². The SMILES string of the molecule is O=C(NCc1ccoc1)c1ccc(O)cc1F. The number of rotatable bonds is 3. The third-order valence-electron chi connectivity index (χ3n) is 2.23. The van der Waals surface area contributed by atoms with Gasteiger partial charge in [-0.1, -0.05) is 0 Å². The molecule has 0 saturated carbocycles. The number of nitrogens with one attached hydrogen (secondary N) is 1. The van der Waals surface area contributed by atoms with Crippen molar-refractivity contribution in [2.75, 3.05) is 0 Å². The van der Waals surface area contributed by atoms with Gasteiger partial charge in [-0.25, -0.2) is 4.39 Å². The Morgan fingerprint density at radius 3 is 2.88 bits per heavy atom. The zero-order valence-electron chi connectivity index (χ0n) is 8.81. The average Bonchev–Trinajstić information content (AvgIpc) is 2.78. The fourth-order valence-electron chi connectivity index (χ4n) is 1.36. The first kappa shape index (κ1) is 11.2. The van der Waals surface area contributed by atoms with Crippen LogP contribution in [0.15, 0.2) is 41.2 Å². The Bertz CT molecular complexity index is 523. The Kier molecular flexibility index (Phi) is 3.09. The lowest BCUT2D eigenvalue weighted by Gasteiger charge is -2.04. The molecule has 0 bridgehead atoms. The number of furan rings is 1. The molecule has 17 heavy (non-hydrogen) atoms. The van der Waals surface area contributed by atoms with Crippen molar-refractivity contribution in [3.8, 4) is 5.75 Å². The first-order valence-electron chi connectivity index (χ1n) is 4.94. The van der Waals surface area contributed by atoms with E-state index < -0.39 is 11.7 Å². The number of hydrogen-bond donors (Lipinski definition) is 2. The van der Waals surface area contributed by atoms with E-state index >= 15 is 0 Å².